The Morgan fingerprint density at radius 3 is 2.09 bits per heavy atom. The van der Waals surface area contributed by atoms with E-state index >= 15 is 0 Å². The molecular formula is C19H31N3S. The van der Waals surface area contributed by atoms with Crippen molar-refractivity contribution in [3.05, 3.63) is 17.0 Å². The lowest BCUT2D eigenvalue weighted by Crippen LogP contribution is -1.98. The van der Waals surface area contributed by atoms with Crippen molar-refractivity contribution < 1.29 is 0 Å². The highest BCUT2D eigenvalue weighted by molar-refractivity contribution is 7.13. The Balaban J connectivity index is 1.64. The number of hydrogen-bond donors (Lipinski definition) is 0. The van der Waals surface area contributed by atoms with Gasteiger partial charge in [0, 0.05) is 5.69 Å². The molecule has 0 fully saturated rings. The van der Waals surface area contributed by atoms with Crippen molar-refractivity contribution in [1.29, 1.82) is 0 Å². The van der Waals surface area contributed by atoms with Gasteiger partial charge in [0.05, 0.1) is 10.4 Å². The molecule has 2 aromatic rings. The number of rotatable bonds is 11. The van der Waals surface area contributed by atoms with Crippen LogP contribution in [0.15, 0.2) is 0 Å². The summed E-state index contributed by atoms with van der Waals surface area (Å²) in [6.45, 7) is 6.49. The Labute approximate surface area is 145 Å². The summed E-state index contributed by atoms with van der Waals surface area (Å²) in [5, 5.41) is 4.18. The van der Waals surface area contributed by atoms with Crippen molar-refractivity contribution in [1.82, 2.24) is 14.6 Å². The van der Waals surface area contributed by atoms with Crippen LogP contribution in [0.4, 0.5) is 0 Å². The zero-order valence-electron chi connectivity index (χ0n) is 15.0. The molecule has 0 saturated carbocycles. The van der Waals surface area contributed by atoms with Crippen molar-refractivity contribution in [3.63, 3.8) is 0 Å². The van der Waals surface area contributed by atoms with Gasteiger partial charge in [0.1, 0.15) is 5.52 Å². The van der Waals surface area contributed by atoms with Crippen molar-refractivity contribution in [2.24, 2.45) is 0 Å². The fourth-order valence-corrected chi connectivity index (χ4v) is 3.90. The van der Waals surface area contributed by atoms with E-state index in [1.165, 1.54) is 91.7 Å². The summed E-state index contributed by atoms with van der Waals surface area (Å²) in [5.74, 6) is 0. The number of aryl methyl sites for hydroxylation is 3. The van der Waals surface area contributed by atoms with Gasteiger partial charge >= 0.3 is 0 Å². The Morgan fingerprint density at radius 1 is 0.826 bits per heavy atom. The molecule has 23 heavy (non-hydrogen) atoms. The topological polar surface area (TPSA) is 38.7 Å². The molecule has 0 aromatic carbocycles. The van der Waals surface area contributed by atoms with Gasteiger partial charge in [0.15, 0.2) is 0 Å². The fraction of sp³-hybridized carbons (Fsp3) is 0.737. The monoisotopic (exact) mass is 333 g/mol. The third-order valence-corrected chi connectivity index (χ3v) is 5.52. The van der Waals surface area contributed by atoms with E-state index in [0.717, 1.165) is 17.6 Å². The molecule has 4 heteroatoms. The second-order valence-corrected chi connectivity index (χ2v) is 7.41. The third-order valence-electron chi connectivity index (χ3n) is 4.67. The predicted octanol–water partition coefficient (Wildman–Crippen LogP) is 6.17. The maximum absolute atomic E-state index is 4.75. The van der Waals surface area contributed by atoms with E-state index in [4.69, 9.17) is 4.98 Å². The van der Waals surface area contributed by atoms with Gasteiger partial charge in [0.25, 0.3) is 0 Å². The van der Waals surface area contributed by atoms with E-state index in [1.807, 2.05) is 6.92 Å². The highest BCUT2D eigenvalue weighted by atomic mass is 32.1. The lowest BCUT2D eigenvalue weighted by molar-refractivity contribution is 0.555. The molecular weight excluding hydrogens is 302 g/mol. The van der Waals surface area contributed by atoms with Crippen molar-refractivity contribution in [2.75, 3.05) is 0 Å². The molecule has 0 amide bonds. The highest BCUT2D eigenvalue weighted by Gasteiger charge is 2.11. The summed E-state index contributed by atoms with van der Waals surface area (Å²) in [7, 11) is 0. The van der Waals surface area contributed by atoms with Crippen LogP contribution in [0.25, 0.3) is 10.2 Å². The molecule has 0 aliphatic rings. The normalized spacial score (nSPS) is 11.4. The largest absolute Gasteiger partial charge is 0.255 e. The molecule has 0 aliphatic heterocycles. The summed E-state index contributed by atoms with van der Waals surface area (Å²) in [6, 6.07) is 0. The van der Waals surface area contributed by atoms with Crippen molar-refractivity contribution >= 4 is 21.7 Å². The molecule has 128 valence electrons. The average Bonchev–Trinajstić information content (AvgIpc) is 3.04. The van der Waals surface area contributed by atoms with Gasteiger partial charge < -0.3 is 0 Å². The predicted molar refractivity (Wildman–Crippen MR) is 100 cm³/mol. The van der Waals surface area contributed by atoms with E-state index in [0.29, 0.717) is 0 Å². The number of unbranched alkanes of at least 4 members (excludes halogenated alkanes) is 9. The van der Waals surface area contributed by atoms with Crippen LogP contribution in [-0.2, 0) is 6.42 Å². The summed E-state index contributed by atoms with van der Waals surface area (Å²) >= 11 is 1.50. The van der Waals surface area contributed by atoms with E-state index in [2.05, 4.69) is 23.4 Å². The first-order valence-electron chi connectivity index (χ1n) is 9.32. The first-order chi connectivity index (χ1) is 11.2. The molecule has 2 aromatic heterocycles. The van der Waals surface area contributed by atoms with Crippen LogP contribution in [0, 0.1) is 13.8 Å². The maximum Gasteiger partial charge on any atom is 0.127 e. The SMILES string of the molecule is CCCCCCCCCCCCc1nc(C)c2nnsc2c1C. The summed E-state index contributed by atoms with van der Waals surface area (Å²) < 4.78 is 5.29. The highest BCUT2D eigenvalue weighted by Crippen LogP contribution is 2.25. The minimum Gasteiger partial charge on any atom is -0.255 e. The lowest BCUT2D eigenvalue weighted by atomic mass is 10.0. The Morgan fingerprint density at radius 2 is 1.43 bits per heavy atom. The first-order valence-corrected chi connectivity index (χ1v) is 10.1. The zero-order valence-corrected chi connectivity index (χ0v) is 15.8. The van der Waals surface area contributed by atoms with Crippen LogP contribution in [0.3, 0.4) is 0 Å². The molecule has 3 nitrogen and oxygen atoms in total. The van der Waals surface area contributed by atoms with Crippen LogP contribution in [0.1, 0.15) is 88.1 Å². The van der Waals surface area contributed by atoms with Gasteiger partial charge in [-0.2, -0.15) is 0 Å². The number of aromatic nitrogens is 3. The molecule has 0 radical (unpaired) electrons. The van der Waals surface area contributed by atoms with Crippen LogP contribution < -0.4 is 0 Å². The van der Waals surface area contributed by atoms with Gasteiger partial charge in [-0.25, -0.2) is 0 Å². The lowest BCUT2D eigenvalue weighted by Gasteiger charge is -2.07. The molecule has 0 atom stereocenters. The zero-order chi connectivity index (χ0) is 16.5. The van der Waals surface area contributed by atoms with Crippen LogP contribution in [0.5, 0.6) is 0 Å². The minimum atomic E-state index is 0.985. The molecule has 2 heterocycles. The van der Waals surface area contributed by atoms with Gasteiger partial charge in [0.2, 0.25) is 0 Å². The summed E-state index contributed by atoms with van der Waals surface area (Å²) in [6.07, 6.45) is 14.9. The Hall–Kier alpha value is -1.03. The number of fused-ring (bicyclic) bond motifs is 1. The number of nitrogens with zero attached hydrogens (tertiary/aromatic N) is 3. The Bertz CT molecular complexity index is 592. The van der Waals surface area contributed by atoms with Crippen molar-refractivity contribution in [3.8, 4) is 0 Å². The molecule has 2 rings (SSSR count). The maximum atomic E-state index is 4.75. The van der Waals surface area contributed by atoms with Gasteiger partial charge in [-0.05, 0) is 43.8 Å². The average molecular weight is 334 g/mol. The summed E-state index contributed by atoms with van der Waals surface area (Å²) in [4.78, 5) is 4.75. The molecule has 0 spiro atoms. The van der Waals surface area contributed by atoms with Crippen molar-refractivity contribution in [2.45, 2.75) is 91.4 Å². The standard InChI is InChI=1S/C19H31N3S/c1-4-5-6-7-8-9-10-11-12-13-14-17-15(2)19-18(16(3)20-17)21-22-23-19/h4-14H2,1-3H3. The number of pyridine rings is 1. The first kappa shape index (κ1) is 18.3. The third kappa shape index (κ3) is 5.52. The van der Waals surface area contributed by atoms with E-state index in [-0.39, 0.29) is 0 Å². The van der Waals surface area contributed by atoms with Gasteiger partial charge in [-0.3, -0.25) is 4.98 Å². The minimum absolute atomic E-state index is 0.985. The van der Waals surface area contributed by atoms with Crippen LogP contribution in [-0.4, -0.2) is 14.6 Å². The smallest absolute Gasteiger partial charge is 0.127 e. The van der Waals surface area contributed by atoms with Crippen LogP contribution >= 0.6 is 11.5 Å². The van der Waals surface area contributed by atoms with E-state index in [1.54, 1.807) is 0 Å². The second-order valence-electron chi connectivity index (χ2n) is 6.65. The molecule has 0 N–H and O–H groups in total. The molecule has 0 aliphatic carbocycles. The molecule has 0 unspecified atom stereocenters. The fourth-order valence-electron chi connectivity index (χ4n) is 3.17. The molecule has 0 bridgehead atoms. The van der Waals surface area contributed by atoms with Crippen LogP contribution in [0.2, 0.25) is 0 Å². The quantitative estimate of drug-likeness (QED) is 0.462. The number of hydrogen-bond acceptors (Lipinski definition) is 4. The van der Waals surface area contributed by atoms with Gasteiger partial charge in [-0.1, -0.05) is 69.2 Å². The molecule has 0 saturated heterocycles. The second kappa shape index (κ2) is 9.96. The van der Waals surface area contributed by atoms with Gasteiger partial charge in [-0.15, -0.1) is 5.10 Å². The summed E-state index contributed by atoms with van der Waals surface area (Å²) in [5.41, 5.74) is 4.55. The Kier molecular flexibility index (Phi) is 7.93. The van der Waals surface area contributed by atoms with E-state index < -0.39 is 0 Å². The van der Waals surface area contributed by atoms with E-state index in [9.17, 15) is 0 Å².